The van der Waals surface area contributed by atoms with Crippen LogP contribution in [0, 0.1) is 17.3 Å². The monoisotopic (exact) mass is 252 g/mol. The maximum Gasteiger partial charge on any atom is 0.000517 e. The van der Waals surface area contributed by atoms with E-state index < -0.39 is 0 Å². The third kappa shape index (κ3) is 4.24. The molecule has 2 nitrogen and oxygen atoms in total. The summed E-state index contributed by atoms with van der Waals surface area (Å²) < 4.78 is 0. The minimum absolute atomic E-state index is 0.494. The highest BCUT2D eigenvalue weighted by Crippen LogP contribution is 2.37. The minimum Gasteiger partial charge on any atom is -0.316 e. The molecule has 106 valence electrons. The van der Waals surface area contributed by atoms with Crippen LogP contribution in [0.2, 0.25) is 0 Å². The molecule has 18 heavy (non-hydrogen) atoms. The highest BCUT2D eigenvalue weighted by atomic mass is 14.9. The first-order valence-electron chi connectivity index (χ1n) is 8.10. The van der Waals surface area contributed by atoms with Gasteiger partial charge >= 0.3 is 0 Å². The third-order valence-electron chi connectivity index (χ3n) is 5.18. The molecule has 0 amide bonds. The van der Waals surface area contributed by atoms with Crippen molar-refractivity contribution < 1.29 is 0 Å². The summed E-state index contributed by atoms with van der Waals surface area (Å²) in [5.41, 5.74) is 0.494. The Kier molecular flexibility index (Phi) is 5.50. The van der Waals surface area contributed by atoms with Crippen LogP contribution >= 0.6 is 0 Å². The predicted octanol–water partition coefficient (Wildman–Crippen LogP) is 3.18. The van der Waals surface area contributed by atoms with E-state index in [1.807, 2.05) is 0 Å². The highest BCUT2D eigenvalue weighted by Gasteiger charge is 2.30. The lowest BCUT2D eigenvalue weighted by molar-refractivity contribution is 0.154. The zero-order chi connectivity index (χ0) is 12.8. The summed E-state index contributed by atoms with van der Waals surface area (Å²) in [4.78, 5) is 0. The van der Waals surface area contributed by atoms with Crippen molar-refractivity contribution in [2.75, 3.05) is 26.2 Å². The van der Waals surface area contributed by atoms with Crippen molar-refractivity contribution in [1.29, 1.82) is 0 Å². The van der Waals surface area contributed by atoms with E-state index in [0.717, 1.165) is 11.8 Å². The number of rotatable bonds is 6. The standard InChI is InChI=1S/C16H32N2/c1-16(2,15-6-4-3-5-7-15)13-18-11-9-14-8-10-17-12-14/h14-15,17-18H,3-13H2,1-2H3. The maximum absolute atomic E-state index is 3.72. The Hall–Kier alpha value is -0.0800. The molecule has 1 aliphatic heterocycles. The summed E-state index contributed by atoms with van der Waals surface area (Å²) in [5.74, 6) is 1.88. The van der Waals surface area contributed by atoms with Crippen molar-refractivity contribution in [2.45, 2.75) is 58.8 Å². The van der Waals surface area contributed by atoms with Crippen LogP contribution in [0.4, 0.5) is 0 Å². The van der Waals surface area contributed by atoms with E-state index in [1.54, 1.807) is 0 Å². The number of hydrogen-bond acceptors (Lipinski definition) is 2. The first kappa shape index (κ1) is 14.3. The molecular formula is C16H32N2. The van der Waals surface area contributed by atoms with Crippen molar-refractivity contribution >= 4 is 0 Å². The average Bonchev–Trinajstić information content (AvgIpc) is 2.89. The molecule has 1 saturated heterocycles. The Bertz CT molecular complexity index is 225. The van der Waals surface area contributed by atoms with Crippen molar-refractivity contribution in [3.8, 4) is 0 Å². The summed E-state index contributed by atoms with van der Waals surface area (Å²) in [6, 6.07) is 0. The number of hydrogen-bond donors (Lipinski definition) is 2. The summed E-state index contributed by atoms with van der Waals surface area (Å²) in [6.45, 7) is 9.83. The molecule has 2 heteroatoms. The van der Waals surface area contributed by atoms with Crippen LogP contribution in [0.1, 0.15) is 58.8 Å². The van der Waals surface area contributed by atoms with Gasteiger partial charge in [0.25, 0.3) is 0 Å². The second-order valence-electron chi connectivity index (χ2n) is 7.15. The van der Waals surface area contributed by atoms with Gasteiger partial charge < -0.3 is 10.6 Å². The van der Waals surface area contributed by atoms with Gasteiger partial charge in [-0.15, -0.1) is 0 Å². The van der Waals surface area contributed by atoms with Gasteiger partial charge in [-0.1, -0.05) is 33.1 Å². The molecule has 1 saturated carbocycles. The average molecular weight is 252 g/mol. The van der Waals surface area contributed by atoms with Gasteiger partial charge in [-0.2, -0.15) is 0 Å². The summed E-state index contributed by atoms with van der Waals surface area (Å²) in [7, 11) is 0. The van der Waals surface area contributed by atoms with E-state index in [4.69, 9.17) is 0 Å². The summed E-state index contributed by atoms with van der Waals surface area (Å²) in [5, 5.41) is 7.18. The maximum atomic E-state index is 3.72. The van der Waals surface area contributed by atoms with E-state index in [0.29, 0.717) is 5.41 Å². The second-order valence-corrected chi connectivity index (χ2v) is 7.15. The van der Waals surface area contributed by atoms with Gasteiger partial charge in [0.05, 0.1) is 0 Å². The van der Waals surface area contributed by atoms with Crippen LogP contribution in [0.15, 0.2) is 0 Å². The first-order valence-corrected chi connectivity index (χ1v) is 8.10. The van der Waals surface area contributed by atoms with Crippen LogP contribution in [-0.4, -0.2) is 26.2 Å². The molecule has 0 aromatic rings. The zero-order valence-electron chi connectivity index (χ0n) is 12.4. The van der Waals surface area contributed by atoms with Crippen molar-refractivity contribution in [2.24, 2.45) is 17.3 Å². The Morgan fingerprint density at radius 2 is 1.89 bits per heavy atom. The second kappa shape index (κ2) is 6.91. The van der Waals surface area contributed by atoms with Crippen LogP contribution < -0.4 is 10.6 Å². The molecule has 2 fully saturated rings. The molecule has 0 aromatic heterocycles. The van der Waals surface area contributed by atoms with Gasteiger partial charge in [0.2, 0.25) is 0 Å². The van der Waals surface area contributed by atoms with Crippen LogP contribution in [-0.2, 0) is 0 Å². The molecule has 0 bridgehead atoms. The lowest BCUT2D eigenvalue weighted by Crippen LogP contribution is -2.37. The minimum atomic E-state index is 0.494. The first-order chi connectivity index (χ1) is 8.68. The third-order valence-corrected chi connectivity index (χ3v) is 5.18. The highest BCUT2D eigenvalue weighted by molar-refractivity contribution is 4.83. The van der Waals surface area contributed by atoms with E-state index >= 15 is 0 Å². The lowest BCUT2D eigenvalue weighted by Gasteiger charge is -2.37. The fraction of sp³-hybridized carbons (Fsp3) is 1.00. The van der Waals surface area contributed by atoms with Crippen LogP contribution in [0.25, 0.3) is 0 Å². The fourth-order valence-electron chi connectivity index (χ4n) is 3.71. The van der Waals surface area contributed by atoms with Gasteiger partial charge in [0, 0.05) is 6.54 Å². The quantitative estimate of drug-likeness (QED) is 0.710. The van der Waals surface area contributed by atoms with Gasteiger partial charge in [-0.05, 0) is 62.6 Å². The molecule has 1 atom stereocenters. The predicted molar refractivity (Wildman–Crippen MR) is 78.8 cm³/mol. The van der Waals surface area contributed by atoms with Gasteiger partial charge in [0.15, 0.2) is 0 Å². The summed E-state index contributed by atoms with van der Waals surface area (Å²) in [6.07, 6.45) is 10.0. The Morgan fingerprint density at radius 1 is 1.11 bits per heavy atom. The van der Waals surface area contributed by atoms with E-state index in [1.165, 1.54) is 71.1 Å². The lowest BCUT2D eigenvalue weighted by atomic mass is 9.71. The van der Waals surface area contributed by atoms with Crippen LogP contribution in [0.3, 0.4) is 0 Å². The molecule has 1 unspecified atom stereocenters. The van der Waals surface area contributed by atoms with Crippen molar-refractivity contribution in [3.05, 3.63) is 0 Å². The van der Waals surface area contributed by atoms with Crippen molar-refractivity contribution in [1.82, 2.24) is 10.6 Å². The molecular weight excluding hydrogens is 220 g/mol. The van der Waals surface area contributed by atoms with Gasteiger partial charge in [0.1, 0.15) is 0 Å². The topological polar surface area (TPSA) is 24.1 Å². The largest absolute Gasteiger partial charge is 0.316 e. The Labute approximate surface area is 113 Å². The molecule has 1 aliphatic carbocycles. The van der Waals surface area contributed by atoms with Crippen molar-refractivity contribution in [3.63, 3.8) is 0 Å². The van der Waals surface area contributed by atoms with Gasteiger partial charge in [-0.3, -0.25) is 0 Å². The number of nitrogens with one attached hydrogen (secondary N) is 2. The molecule has 0 radical (unpaired) electrons. The van der Waals surface area contributed by atoms with E-state index in [9.17, 15) is 0 Å². The van der Waals surface area contributed by atoms with E-state index in [2.05, 4.69) is 24.5 Å². The molecule has 2 N–H and O–H groups in total. The van der Waals surface area contributed by atoms with Gasteiger partial charge in [-0.25, -0.2) is 0 Å². The molecule has 2 aliphatic rings. The smallest absolute Gasteiger partial charge is 0.000517 e. The molecule has 1 heterocycles. The van der Waals surface area contributed by atoms with Crippen LogP contribution in [0.5, 0.6) is 0 Å². The molecule has 0 aromatic carbocycles. The Balaban J connectivity index is 1.61. The zero-order valence-corrected chi connectivity index (χ0v) is 12.4. The SMILES string of the molecule is CC(C)(CNCCC1CCNC1)C1CCCCC1. The Morgan fingerprint density at radius 3 is 2.56 bits per heavy atom. The van der Waals surface area contributed by atoms with E-state index in [-0.39, 0.29) is 0 Å². The molecule has 2 rings (SSSR count). The normalized spacial score (nSPS) is 26.7. The summed E-state index contributed by atoms with van der Waals surface area (Å²) >= 11 is 0. The molecule has 0 spiro atoms. The fourth-order valence-corrected chi connectivity index (χ4v) is 3.71.